The molecule has 0 spiro atoms. The number of carbonyl (C=O) groups is 3. The molecule has 3 N–H and O–H groups in total. The molecule has 0 fully saturated rings. The molecule has 0 aromatic heterocycles. The summed E-state index contributed by atoms with van der Waals surface area (Å²) in [6.07, 6.45) is 0.740. The Balaban J connectivity index is 1.91. The quantitative estimate of drug-likeness (QED) is 0.623. The number of methoxy groups -OCH3 is 1. The fraction of sp³-hybridized carbons (Fsp3) is 0.250. The van der Waals surface area contributed by atoms with Crippen LogP contribution in [-0.2, 0) is 9.53 Å². The third-order valence-corrected chi connectivity index (χ3v) is 3.68. The van der Waals surface area contributed by atoms with Crippen molar-refractivity contribution in [1.82, 2.24) is 5.32 Å². The molecule has 0 aliphatic heterocycles. The number of rotatable bonds is 8. The molecular weight excluding hydrogens is 346 g/mol. The summed E-state index contributed by atoms with van der Waals surface area (Å²) in [4.78, 5) is 35.3. The molecule has 2 aromatic rings. The lowest BCUT2D eigenvalue weighted by atomic mass is 10.1. The standard InChI is InChI=1S/C20H23N3O4/c1-14(24)22-17-8-10-18(11-9-17)23-20(26)16-6-4-15(5-7-16)19(25)21-12-3-13-27-2/h4-11H,3,12-13H2,1-2H3,(H,21,25)(H,22,24)(H,23,26). The van der Waals surface area contributed by atoms with E-state index in [0.717, 1.165) is 6.42 Å². The Hall–Kier alpha value is -3.19. The number of nitrogens with one attached hydrogen (secondary N) is 3. The summed E-state index contributed by atoms with van der Waals surface area (Å²) in [6, 6.07) is 13.2. The predicted octanol–water partition coefficient (Wildman–Crippen LogP) is 2.66. The third kappa shape index (κ3) is 6.56. The van der Waals surface area contributed by atoms with Crippen molar-refractivity contribution in [3.8, 4) is 0 Å². The average molecular weight is 369 g/mol. The molecule has 3 amide bonds. The van der Waals surface area contributed by atoms with Crippen LogP contribution in [0.5, 0.6) is 0 Å². The van der Waals surface area contributed by atoms with Crippen LogP contribution in [0.2, 0.25) is 0 Å². The first-order chi connectivity index (χ1) is 13.0. The summed E-state index contributed by atoms with van der Waals surface area (Å²) in [5.41, 5.74) is 2.19. The molecule has 0 atom stereocenters. The normalized spacial score (nSPS) is 10.1. The molecule has 0 saturated heterocycles. The lowest BCUT2D eigenvalue weighted by Crippen LogP contribution is -2.25. The summed E-state index contributed by atoms with van der Waals surface area (Å²) >= 11 is 0. The van der Waals surface area contributed by atoms with E-state index in [2.05, 4.69) is 16.0 Å². The maximum Gasteiger partial charge on any atom is 0.255 e. The molecule has 142 valence electrons. The topological polar surface area (TPSA) is 96.5 Å². The monoisotopic (exact) mass is 369 g/mol. The van der Waals surface area contributed by atoms with E-state index in [1.807, 2.05) is 0 Å². The molecular formula is C20H23N3O4. The van der Waals surface area contributed by atoms with Crippen molar-refractivity contribution in [1.29, 1.82) is 0 Å². The Morgan fingerprint density at radius 1 is 0.815 bits per heavy atom. The van der Waals surface area contributed by atoms with Gasteiger partial charge in [-0.25, -0.2) is 0 Å². The molecule has 7 heteroatoms. The molecule has 0 saturated carbocycles. The van der Waals surface area contributed by atoms with Crippen LogP contribution in [0.4, 0.5) is 11.4 Å². The predicted molar refractivity (Wildman–Crippen MR) is 104 cm³/mol. The third-order valence-electron chi connectivity index (χ3n) is 3.68. The summed E-state index contributed by atoms with van der Waals surface area (Å²) < 4.78 is 4.93. The van der Waals surface area contributed by atoms with Crippen molar-refractivity contribution >= 4 is 29.1 Å². The highest BCUT2D eigenvalue weighted by Gasteiger charge is 2.09. The van der Waals surface area contributed by atoms with Crippen molar-refractivity contribution in [3.63, 3.8) is 0 Å². The first-order valence-corrected chi connectivity index (χ1v) is 8.56. The molecule has 0 aliphatic carbocycles. The summed E-state index contributed by atoms with van der Waals surface area (Å²) in [5, 5.41) is 8.22. The van der Waals surface area contributed by atoms with Gasteiger partial charge in [0.05, 0.1) is 0 Å². The van der Waals surface area contributed by atoms with Gasteiger partial charge in [0, 0.05) is 49.7 Å². The van der Waals surface area contributed by atoms with Gasteiger partial charge in [-0.05, 0) is 55.0 Å². The highest BCUT2D eigenvalue weighted by Crippen LogP contribution is 2.15. The Kier molecular flexibility index (Phi) is 7.51. The minimum atomic E-state index is -0.283. The van der Waals surface area contributed by atoms with Gasteiger partial charge in [0.15, 0.2) is 0 Å². The van der Waals surface area contributed by atoms with Crippen molar-refractivity contribution in [2.24, 2.45) is 0 Å². The smallest absolute Gasteiger partial charge is 0.255 e. The Morgan fingerprint density at radius 2 is 1.33 bits per heavy atom. The van der Waals surface area contributed by atoms with Crippen LogP contribution in [0.3, 0.4) is 0 Å². The second kappa shape index (κ2) is 10.1. The van der Waals surface area contributed by atoms with Crippen molar-refractivity contribution < 1.29 is 19.1 Å². The molecule has 7 nitrogen and oxygen atoms in total. The van der Waals surface area contributed by atoms with E-state index in [1.165, 1.54) is 6.92 Å². The first-order valence-electron chi connectivity index (χ1n) is 8.56. The Morgan fingerprint density at radius 3 is 1.85 bits per heavy atom. The highest BCUT2D eigenvalue weighted by atomic mass is 16.5. The van der Waals surface area contributed by atoms with Gasteiger partial charge in [-0.2, -0.15) is 0 Å². The van der Waals surface area contributed by atoms with Gasteiger partial charge in [-0.1, -0.05) is 0 Å². The minimum Gasteiger partial charge on any atom is -0.385 e. The molecule has 0 aliphatic rings. The van der Waals surface area contributed by atoms with E-state index in [4.69, 9.17) is 4.74 Å². The van der Waals surface area contributed by atoms with Gasteiger partial charge in [0.25, 0.3) is 11.8 Å². The molecule has 0 radical (unpaired) electrons. The van der Waals surface area contributed by atoms with Gasteiger partial charge in [-0.15, -0.1) is 0 Å². The van der Waals surface area contributed by atoms with E-state index in [0.29, 0.717) is 35.7 Å². The number of amides is 3. The number of carbonyl (C=O) groups excluding carboxylic acids is 3. The number of ether oxygens (including phenoxy) is 1. The molecule has 2 rings (SSSR count). The van der Waals surface area contributed by atoms with Crippen LogP contribution in [-0.4, -0.2) is 38.0 Å². The summed E-state index contributed by atoms with van der Waals surface area (Å²) in [6.45, 7) is 2.55. The zero-order chi connectivity index (χ0) is 19.6. The number of hydrogen-bond donors (Lipinski definition) is 3. The zero-order valence-electron chi connectivity index (χ0n) is 15.4. The van der Waals surface area contributed by atoms with E-state index in [9.17, 15) is 14.4 Å². The molecule has 27 heavy (non-hydrogen) atoms. The molecule has 2 aromatic carbocycles. The van der Waals surface area contributed by atoms with E-state index >= 15 is 0 Å². The van der Waals surface area contributed by atoms with E-state index in [1.54, 1.807) is 55.6 Å². The summed E-state index contributed by atoms with van der Waals surface area (Å²) in [7, 11) is 1.61. The van der Waals surface area contributed by atoms with Gasteiger partial charge in [0.2, 0.25) is 5.91 Å². The second-order valence-electron chi connectivity index (χ2n) is 5.89. The minimum absolute atomic E-state index is 0.158. The van der Waals surface area contributed by atoms with Crippen LogP contribution < -0.4 is 16.0 Å². The second-order valence-corrected chi connectivity index (χ2v) is 5.89. The SMILES string of the molecule is COCCCNC(=O)c1ccc(C(=O)Nc2ccc(NC(C)=O)cc2)cc1. The number of hydrogen-bond acceptors (Lipinski definition) is 4. The average Bonchev–Trinajstić information content (AvgIpc) is 2.66. The van der Waals surface area contributed by atoms with Crippen molar-refractivity contribution in [2.75, 3.05) is 30.9 Å². The summed E-state index contributed by atoms with van der Waals surface area (Å²) in [5.74, 6) is -0.629. The van der Waals surface area contributed by atoms with E-state index < -0.39 is 0 Å². The van der Waals surface area contributed by atoms with Gasteiger partial charge in [0.1, 0.15) is 0 Å². The van der Waals surface area contributed by atoms with Crippen LogP contribution in [0, 0.1) is 0 Å². The first kappa shape index (κ1) is 20.1. The number of benzene rings is 2. The fourth-order valence-corrected chi connectivity index (χ4v) is 2.34. The highest BCUT2D eigenvalue weighted by molar-refractivity contribution is 6.05. The molecule has 0 heterocycles. The van der Waals surface area contributed by atoms with Crippen molar-refractivity contribution in [2.45, 2.75) is 13.3 Å². The van der Waals surface area contributed by atoms with Gasteiger partial charge in [-0.3, -0.25) is 14.4 Å². The Bertz CT molecular complexity index is 786. The van der Waals surface area contributed by atoms with Gasteiger partial charge >= 0.3 is 0 Å². The fourth-order valence-electron chi connectivity index (χ4n) is 2.34. The van der Waals surface area contributed by atoms with Gasteiger partial charge < -0.3 is 20.7 Å². The maximum atomic E-state index is 12.3. The lowest BCUT2D eigenvalue weighted by Gasteiger charge is -2.08. The van der Waals surface area contributed by atoms with Crippen LogP contribution in [0.15, 0.2) is 48.5 Å². The Labute approximate surface area is 158 Å². The van der Waals surface area contributed by atoms with E-state index in [-0.39, 0.29) is 17.7 Å². The van der Waals surface area contributed by atoms with Crippen LogP contribution >= 0.6 is 0 Å². The molecule has 0 unspecified atom stereocenters. The lowest BCUT2D eigenvalue weighted by molar-refractivity contribution is -0.114. The van der Waals surface area contributed by atoms with Crippen LogP contribution in [0.1, 0.15) is 34.1 Å². The number of anilines is 2. The van der Waals surface area contributed by atoms with Crippen LogP contribution in [0.25, 0.3) is 0 Å². The largest absolute Gasteiger partial charge is 0.385 e. The molecule has 0 bridgehead atoms. The van der Waals surface area contributed by atoms with Crippen molar-refractivity contribution in [3.05, 3.63) is 59.7 Å². The zero-order valence-corrected chi connectivity index (χ0v) is 15.4. The maximum absolute atomic E-state index is 12.3.